The molecule has 120 valence electrons. The second-order valence-corrected chi connectivity index (χ2v) is 5.63. The minimum Gasteiger partial charge on any atom is -0.497 e. The third-order valence-corrected chi connectivity index (χ3v) is 4.11. The first-order valence-corrected chi connectivity index (χ1v) is 7.57. The molecule has 0 radical (unpaired) electrons. The Balaban J connectivity index is 1.97. The van der Waals surface area contributed by atoms with Gasteiger partial charge in [-0.05, 0) is 30.3 Å². The highest BCUT2D eigenvalue weighted by molar-refractivity contribution is 6.35. The summed E-state index contributed by atoms with van der Waals surface area (Å²) in [6.45, 7) is 0. The molecular formula is C17H12ClFN4O. The summed E-state index contributed by atoms with van der Waals surface area (Å²) in [5.74, 6) is 0.567. The molecule has 0 saturated carbocycles. The normalized spacial score (nSPS) is 12.5. The number of fused-ring (bicyclic) bond motifs is 3. The average Bonchev–Trinajstić information content (AvgIpc) is 2.97. The van der Waals surface area contributed by atoms with E-state index in [0.717, 1.165) is 11.3 Å². The van der Waals surface area contributed by atoms with Gasteiger partial charge in [0.15, 0.2) is 0 Å². The summed E-state index contributed by atoms with van der Waals surface area (Å²) >= 11 is 6.19. The molecule has 0 fully saturated rings. The maximum Gasteiger partial charge on any atom is 0.142 e. The summed E-state index contributed by atoms with van der Waals surface area (Å²) in [5.41, 5.74) is 3.10. The topological polar surface area (TPSA) is 62.3 Å². The van der Waals surface area contributed by atoms with E-state index in [1.54, 1.807) is 37.6 Å². The van der Waals surface area contributed by atoms with Gasteiger partial charge in [-0.1, -0.05) is 17.7 Å². The predicted octanol–water partition coefficient (Wildman–Crippen LogP) is 4.38. The summed E-state index contributed by atoms with van der Waals surface area (Å²) in [4.78, 5) is 4.57. The fraction of sp³-hybridized carbons (Fsp3) is 0.0588. The van der Waals surface area contributed by atoms with Crippen LogP contribution in [0.2, 0.25) is 5.02 Å². The Kier molecular flexibility index (Phi) is 3.46. The zero-order chi connectivity index (χ0) is 16.7. The van der Waals surface area contributed by atoms with E-state index < -0.39 is 5.82 Å². The molecule has 0 bridgehead atoms. The van der Waals surface area contributed by atoms with Crippen LogP contribution in [-0.4, -0.2) is 23.1 Å². The van der Waals surface area contributed by atoms with Gasteiger partial charge in [0.05, 0.1) is 41.0 Å². The molecule has 1 aromatic heterocycles. The summed E-state index contributed by atoms with van der Waals surface area (Å²) < 4.78 is 19.6. The molecule has 0 unspecified atom stereocenters. The van der Waals surface area contributed by atoms with Gasteiger partial charge in [0, 0.05) is 5.56 Å². The number of hydrogen-bond acceptors (Lipinski definition) is 4. The molecule has 1 aliphatic rings. The van der Waals surface area contributed by atoms with Crippen LogP contribution in [0.4, 0.5) is 15.8 Å². The molecule has 0 spiro atoms. The van der Waals surface area contributed by atoms with Crippen molar-refractivity contribution in [3.8, 4) is 17.0 Å². The second kappa shape index (κ2) is 5.65. The minimum atomic E-state index is -0.448. The van der Waals surface area contributed by atoms with Crippen LogP contribution in [0.25, 0.3) is 11.3 Å². The molecule has 0 saturated heterocycles. The van der Waals surface area contributed by atoms with Crippen LogP contribution < -0.4 is 10.1 Å². The molecule has 24 heavy (non-hydrogen) atoms. The molecule has 7 heteroatoms. The Hall–Kier alpha value is -2.86. The molecule has 0 atom stereocenters. The zero-order valence-electron chi connectivity index (χ0n) is 12.6. The van der Waals surface area contributed by atoms with Crippen LogP contribution in [0.3, 0.4) is 0 Å². The van der Waals surface area contributed by atoms with Crippen LogP contribution in [-0.2, 0) is 0 Å². The number of methoxy groups -OCH3 is 1. The first-order valence-electron chi connectivity index (χ1n) is 7.19. The van der Waals surface area contributed by atoms with Crippen molar-refractivity contribution < 1.29 is 9.13 Å². The Bertz CT molecular complexity index is 947. The molecule has 5 nitrogen and oxygen atoms in total. The summed E-state index contributed by atoms with van der Waals surface area (Å²) in [6, 6.07) is 9.98. The molecule has 4 rings (SSSR count). The fourth-order valence-corrected chi connectivity index (χ4v) is 2.90. The standard InChI is InChI=1S/C17H12ClFN4O/c1-24-9-5-6-13-10(7-9)16-14(8-20-23-16)22-17(21-13)15-11(18)3-2-4-12(15)19/h2-8H,1H3,(H,20,23)(H,21,22). The molecule has 2 heterocycles. The van der Waals surface area contributed by atoms with E-state index in [0.29, 0.717) is 23.0 Å². The van der Waals surface area contributed by atoms with E-state index in [9.17, 15) is 4.39 Å². The number of aromatic amines is 1. The average molecular weight is 343 g/mol. The van der Waals surface area contributed by atoms with Gasteiger partial charge in [-0.3, -0.25) is 5.10 Å². The third-order valence-electron chi connectivity index (χ3n) is 3.80. The Morgan fingerprint density at radius 1 is 1.21 bits per heavy atom. The molecular weight excluding hydrogens is 331 g/mol. The maximum absolute atomic E-state index is 14.3. The first kappa shape index (κ1) is 14.7. The van der Waals surface area contributed by atoms with Crippen LogP contribution in [0.5, 0.6) is 5.75 Å². The van der Waals surface area contributed by atoms with Crippen molar-refractivity contribution in [3.63, 3.8) is 0 Å². The number of H-pyrrole nitrogens is 1. The number of hydrogen-bond donors (Lipinski definition) is 2. The van der Waals surface area contributed by atoms with Gasteiger partial charge in [-0.15, -0.1) is 0 Å². The Morgan fingerprint density at radius 3 is 2.88 bits per heavy atom. The van der Waals surface area contributed by atoms with Gasteiger partial charge in [0.2, 0.25) is 0 Å². The monoisotopic (exact) mass is 342 g/mol. The molecule has 0 aliphatic carbocycles. The van der Waals surface area contributed by atoms with Crippen molar-refractivity contribution >= 4 is 28.8 Å². The summed E-state index contributed by atoms with van der Waals surface area (Å²) in [7, 11) is 1.60. The highest BCUT2D eigenvalue weighted by atomic mass is 35.5. The molecule has 3 aromatic rings. The van der Waals surface area contributed by atoms with E-state index in [2.05, 4.69) is 20.5 Å². The minimum absolute atomic E-state index is 0.218. The quantitative estimate of drug-likeness (QED) is 0.726. The van der Waals surface area contributed by atoms with Crippen molar-refractivity contribution in [3.05, 3.63) is 59.0 Å². The number of nitrogens with zero attached hydrogens (tertiary/aromatic N) is 2. The second-order valence-electron chi connectivity index (χ2n) is 5.22. The van der Waals surface area contributed by atoms with Crippen LogP contribution in [0, 0.1) is 5.82 Å². The van der Waals surface area contributed by atoms with Gasteiger partial charge in [-0.25, -0.2) is 9.38 Å². The largest absolute Gasteiger partial charge is 0.497 e. The number of halogens is 2. The van der Waals surface area contributed by atoms with E-state index >= 15 is 0 Å². The number of benzene rings is 2. The number of ether oxygens (including phenoxy) is 1. The van der Waals surface area contributed by atoms with Crippen molar-refractivity contribution in [2.75, 3.05) is 12.4 Å². The number of rotatable bonds is 2. The van der Waals surface area contributed by atoms with Crippen molar-refractivity contribution in [1.29, 1.82) is 0 Å². The van der Waals surface area contributed by atoms with Crippen LogP contribution in [0.1, 0.15) is 5.56 Å². The smallest absolute Gasteiger partial charge is 0.142 e. The molecule has 2 aromatic carbocycles. The Morgan fingerprint density at radius 2 is 2.08 bits per heavy atom. The lowest BCUT2D eigenvalue weighted by molar-refractivity contribution is 0.415. The summed E-state index contributed by atoms with van der Waals surface area (Å²) in [5, 5.41) is 10.4. The lowest BCUT2D eigenvalue weighted by atomic mass is 10.1. The van der Waals surface area contributed by atoms with Crippen LogP contribution >= 0.6 is 11.6 Å². The number of nitrogens with one attached hydrogen (secondary N) is 2. The van der Waals surface area contributed by atoms with Gasteiger partial charge in [-0.2, -0.15) is 5.10 Å². The van der Waals surface area contributed by atoms with E-state index in [1.807, 2.05) is 6.07 Å². The number of amidine groups is 1. The van der Waals surface area contributed by atoms with E-state index in [1.165, 1.54) is 6.07 Å². The van der Waals surface area contributed by atoms with E-state index in [4.69, 9.17) is 16.3 Å². The van der Waals surface area contributed by atoms with Crippen molar-refractivity contribution in [2.24, 2.45) is 4.99 Å². The van der Waals surface area contributed by atoms with Gasteiger partial charge in [0.1, 0.15) is 17.4 Å². The number of aliphatic imine (C=N–C) groups is 1. The maximum atomic E-state index is 14.3. The van der Waals surface area contributed by atoms with Crippen LogP contribution in [0.15, 0.2) is 47.6 Å². The third kappa shape index (κ3) is 2.32. The summed E-state index contributed by atoms with van der Waals surface area (Å²) in [6.07, 6.45) is 1.62. The highest BCUT2D eigenvalue weighted by Gasteiger charge is 2.22. The molecule has 2 N–H and O–H groups in total. The van der Waals surface area contributed by atoms with Gasteiger partial charge >= 0.3 is 0 Å². The fourth-order valence-electron chi connectivity index (χ4n) is 2.64. The number of anilines is 1. The number of aromatic nitrogens is 2. The first-order chi connectivity index (χ1) is 11.7. The lowest BCUT2D eigenvalue weighted by Gasteiger charge is -2.10. The van der Waals surface area contributed by atoms with Crippen molar-refractivity contribution in [1.82, 2.24) is 10.2 Å². The highest BCUT2D eigenvalue weighted by Crippen LogP contribution is 2.39. The zero-order valence-corrected chi connectivity index (χ0v) is 13.4. The van der Waals surface area contributed by atoms with Gasteiger partial charge in [0.25, 0.3) is 0 Å². The SMILES string of the molecule is COc1ccc2c(c1)-c1[nH]ncc1NC(c1c(F)cccc1Cl)=N2. The Labute approximate surface area is 142 Å². The van der Waals surface area contributed by atoms with E-state index in [-0.39, 0.29) is 10.6 Å². The van der Waals surface area contributed by atoms with Gasteiger partial charge < -0.3 is 10.1 Å². The predicted molar refractivity (Wildman–Crippen MR) is 91.8 cm³/mol. The lowest BCUT2D eigenvalue weighted by Crippen LogP contribution is -2.15. The van der Waals surface area contributed by atoms with Crippen molar-refractivity contribution in [2.45, 2.75) is 0 Å². The molecule has 0 amide bonds. The molecule has 1 aliphatic heterocycles.